The summed E-state index contributed by atoms with van der Waals surface area (Å²) in [5, 5.41) is 8.31. The minimum absolute atomic E-state index is 0.111. The first-order valence-electron chi connectivity index (χ1n) is 4.75. The third-order valence-corrected chi connectivity index (χ3v) is 2.23. The Morgan fingerprint density at radius 3 is 2.25 bits per heavy atom. The molecular weight excluding hydrogens is 278 g/mol. The van der Waals surface area contributed by atoms with E-state index in [0.717, 1.165) is 0 Å². The second-order valence-electron chi connectivity index (χ2n) is 3.19. The van der Waals surface area contributed by atoms with Gasteiger partial charge in [-0.05, 0) is 19.3 Å². The van der Waals surface area contributed by atoms with Crippen molar-refractivity contribution in [2.24, 2.45) is 0 Å². The molecule has 0 aliphatic heterocycles. The fraction of sp³-hybridized carbons (Fsp3) is 0.778. The Balaban J connectivity index is 3.38. The van der Waals surface area contributed by atoms with Gasteiger partial charge in [-0.1, -0.05) is 34.8 Å². The predicted molar refractivity (Wildman–Crippen MR) is 62.0 cm³/mol. The second kappa shape index (κ2) is 7.98. The van der Waals surface area contributed by atoms with Crippen LogP contribution in [0.15, 0.2) is 0 Å². The van der Waals surface area contributed by atoms with Gasteiger partial charge in [0.1, 0.15) is 0 Å². The summed E-state index contributed by atoms with van der Waals surface area (Å²) in [6.45, 7) is 0.221. The van der Waals surface area contributed by atoms with Crippen LogP contribution >= 0.6 is 34.8 Å². The Kier molecular flexibility index (Phi) is 7.89. The number of carbonyl (C=O) groups excluding carboxylic acids is 1. The monoisotopic (exact) mass is 290 g/mol. The minimum atomic E-state index is -1.27. The van der Waals surface area contributed by atoms with Crippen LogP contribution in [-0.4, -0.2) is 27.4 Å². The molecule has 0 heterocycles. The standard InChI is InChI=1S/C9H13Cl3O4/c10-9(11,12)5-1-2-6-16-8(15)4-3-7(13)14/h1-6H2,(H,13,14). The van der Waals surface area contributed by atoms with Crippen molar-refractivity contribution in [2.45, 2.75) is 35.9 Å². The van der Waals surface area contributed by atoms with Gasteiger partial charge in [0.25, 0.3) is 0 Å². The van der Waals surface area contributed by atoms with Crippen LogP contribution in [0.25, 0.3) is 0 Å². The second-order valence-corrected chi connectivity index (χ2v) is 5.70. The lowest BCUT2D eigenvalue weighted by atomic mass is 10.2. The van der Waals surface area contributed by atoms with E-state index in [9.17, 15) is 9.59 Å². The van der Waals surface area contributed by atoms with Crippen LogP contribution < -0.4 is 0 Å². The Labute approximate surface area is 109 Å². The van der Waals surface area contributed by atoms with Crippen LogP contribution in [0, 0.1) is 0 Å². The molecular formula is C9H13Cl3O4. The topological polar surface area (TPSA) is 63.6 Å². The third kappa shape index (κ3) is 11.9. The number of hydrogen-bond donors (Lipinski definition) is 1. The van der Waals surface area contributed by atoms with Crippen molar-refractivity contribution in [3.63, 3.8) is 0 Å². The van der Waals surface area contributed by atoms with Crippen LogP contribution in [-0.2, 0) is 14.3 Å². The first kappa shape index (κ1) is 15.8. The molecule has 0 atom stereocenters. The maximum Gasteiger partial charge on any atom is 0.306 e. The third-order valence-electron chi connectivity index (χ3n) is 1.66. The molecule has 1 N–H and O–H groups in total. The van der Waals surface area contributed by atoms with E-state index in [0.29, 0.717) is 19.3 Å². The molecule has 0 rings (SSSR count). The molecule has 0 aliphatic carbocycles. The van der Waals surface area contributed by atoms with Gasteiger partial charge in [0.15, 0.2) is 3.79 Å². The molecule has 0 aromatic rings. The number of unbranched alkanes of at least 4 members (excludes halogenated alkanes) is 1. The highest BCUT2D eigenvalue weighted by atomic mass is 35.6. The molecule has 0 unspecified atom stereocenters. The fourth-order valence-corrected chi connectivity index (χ4v) is 1.30. The number of aliphatic carboxylic acids is 1. The summed E-state index contributed by atoms with van der Waals surface area (Å²) >= 11 is 16.6. The Bertz CT molecular complexity index is 237. The van der Waals surface area contributed by atoms with E-state index in [1.54, 1.807) is 0 Å². The molecule has 0 aliphatic rings. The largest absolute Gasteiger partial charge is 0.481 e. The van der Waals surface area contributed by atoms with E-state index in [-0.39, 0.29) is 19.4 Å². The Morgan fingerprint density at radius 2 is 1.75 bits per heavy atom. The molecule has 0 aromatic carbocycles. The summed E-state index contributed by atoms with van der Waals surface area (Å²) in [7, 11) is 0. The lowest BCUT2D eigenvalue weighted by Gasteiger charge is -2.09. The molecule has 0 radical (unpaired) electrons. The number of halogens is 3. The summed E-state index contributed by atoms with van der Waals surface area (Å²) in [6, 6.07) is 0. The smallest absolute Gasteiger partial charge is 0.306 e. The van der Waals surface area contributed by atoms with Crippen molar-refractivity contribution < 1.29 is 19.4 Å². The first-order chi connectivity index (χ1) is 7.31. The zero-order chi connectivity index (χ0) is 12.6. The molecule has 0 aromatic heterocycles. The lowest BCUT2D eigenvalue weighted by Crippen LogP contribution is -2.09. The Hall–Kier alpha value is -0.190. The molecule has 0 amide bonds. The van der Waals surface area contributed by atoms with Gasteiger partial charge in [-0.3, -0.25) is 9.59 Å². The molecule has 0 spiro atoms. The predicted octanol–water partition coefficient (Wildman–Crippen LogP) is 2.93. The fourth-order valence-electron chi connectivity index (χ4n) is 0.895. The number of carboxylic acid groups (broad SMARTS) is 1. The van der Waals surface area contributed by atoms with E-state index < -0.39 is 15.7 Å². The van der Waals surface area contributed by atoms with Crippen molar-refractivity contribution in [1.29, 1.82) is 0 Å². The van der Waals surface area contributed by atoms with Gasteiger partial charge in [-0.15, -0.1) is 0 Å². The van der Waals surface area contributed by atoms with Crippen LogP contribution in [0.3, 0.4) is 0 Å². The zero-order valence-electron chi connectivity index (χ0n) is 8.55. The molecule has 16 heavy (non-hydrogen) atoms. The summed E-state index contributed by atoms with van der Waals surface area (Å²) in [5.41, 5.74) is 0. The highest BCUT2D eigenvalue weighted by Crippen LogP contribution is 2.31. The highest BCUT2D eigenvalue weighted by molar-refractivity contribution is 6.67. The molecule has 4 nitrogen and oxygen atoms in total. The van der Waals surface area contributed by atoms with Gasteiger partial charge in [0, 0.05) is 0 Å². The SMILES string of the molecule is O=C(O)CCC(=O)OCCCCC(Cl)(Cl)Cl. The van der Waals surface area contributed by atoms with Gasteiger partial charge >= 0.3 is 11.9 Å². The molecule has 0 saturated carbocycles. The number of rotatable bonds is 7. The molecule has 0 bridgehead atoms. The lowest BCUT2D eigenvalue weighted by molar-refractivity contribution is -0.147. The summed E-state index contributed by atoms with van der Waals surface area (Å²) in [4.78, 5) is 21.1. The number of carboxylic acids is 1. The minimum Gasteiger partial charge on any atom is -0.481 e. The van der Waals surface area contributed by atoms with Crippen molar-refractivity contribution >= 4 is 46.7 Å². The average molecular weight is 292 g/mol. The van der Waals surface area contributed by atoms with Gasteiger partial charge in [0.2, 0.25) is 0 Å². The van der Waals surface area contributed by atoms with E-state index >= 15 is 0 Å². The van der Waals surface area contributed by atoms with E-state index in [1.165, 1.54) is 0 Å². The normalized spacial score (nSPS) is 11.2. The molecule has 7 heteroatoms. The van der Waals surface area contributed by atoms with E-state index in [4.69, 9.17) is 44.6 Å². The maximum absolute atomic E-state index is 10.9. The quantitative estimate of drug-likeness (QED) is 0.445. The van der Waals surface area contributed by atoms with Gasteiger partial charge < -0.3 is 9.84 Å². The van der Waals surface area contributed by atoms with Crippen LogP contribution in [0.2, 0.25) is 0 Å². The van der Waals surface area contributed by atoms with E-state index in [2.05, 4.69) is 0 Å². The van der Waals surface area contributed by atoms with Crippen LogP contribution in [0.1, 0.15) is 32.1 Å². The van der Waals surface area contributed by atoms with E-state index in [1.807, 2.05) is 0 Å². The summed E-state index contributed by atoms with van der Waals surface area (Å²) in [6.07, 6.45) is 1.28. The molecule has 0 saturated heterocycles. The number of carbonyl (C=O) groups is 2. The maximum atomic E-state index is 10.9. The number of ether oxygens (including phenoxy) is 1. The highest BCUT2D eigenvalue weighted by Gasteiger charge is 2.18. The average Bonchev–Trinajstić information content (AvgIpc) is 2.12. The van der Waals surface area contributed by atoms with Crippen molar-refractivity contribution in [2.75, 3.05) is 6.61 Å². The molecule has 94 valence electrons. The summed E-state index contributed by atoms with van der Waals surface area (Å²) < 4.78 is 3.51. The number of esters is 1. The van der Waals surface area contributed by atoms with Gasteiger partial charge in [0.05, 0.1) is 19.4 Å². The van der Waals surface area contributed by atoms with Gasteiger partial charge in [-0.2, -0.15) is 0 Å². The van der Waals surface area contributed by atoms with Crippen LogP contribution in [0.5, 0.6) is 0 Å². The van der Waals surface area contributed by atoms with Crippen LogP contribution in [0.4, 0.5) is 0 Å². The number of hydrogen-bond acceptors (Lipinski definition) is 3. The number of alkyl halides is 3. The Morgan fingerprint density at radius 1 is 1.12 bits per heavy atom. The van der Waals surface area contributed by atoms with Gasteiger partial charge in [-0.25, -0.2) is 0 Å². The summed E-state index contributed by atoms with van der Waals surface area (Å²) in [5.74, 6) is -1.54. The first-order valence-corrected chi connectivity index (χ1v) is 5.89. The van der Waals surface area contributed by atoms with Crippen molar-refractivity contribution in [3.05, 3.63) is 0 Å². The van der Waals surface area contributed by atoms with Crippen molar-refractivity contribution in [1.82, 2.24) is 0 Å². The zero-order valence-corrected chi connectivity index (χ0v) is 10.8. The van der Waals surface area contributed by atoms with Crippen molar-refractivity contribution in [3.8, 4) is 0 Å². The molecule has 0 fully saturated rings.